The second kappa shape index (κ2) is 4.96. The molecule has 0 aromatic heterocycles. The molecule has 1 rings (SSSR count). The quantitative estimate of drug-likeness (QED) is 0.877. The second-order valence-electron chi connectivity index (χ2n) is 2.85. The molecule has 13 heavy (non-hydrogen) atoms. The largest absolute Gasteiger partial charge is 0.395 e. The molecule has 0 amide bonds. The highest BCUT2D eigenvalue weighted by atomic mass is 79.9. The summed E-state index contributed by atoms with van der Waals surface area (Å²) >= 11 is 9.35. The van der Waals surface area contributed by atoms with E-state index in [-0.39, 0.29) is 12.6 Å². The van der Waals surface area contributed by atoms with Crippen molar-refractivity contribution in [1.82, 2.24) is 0 Å². The molecule has 0 saturated heterocycles. The average molecular weight is 265 g/mol. The summed E-state index contributed by atoms with van der Waals surface area (Å²) in [5.74, 6) is 0. The number of hydrogen-bond donors (Lipinski definition) is 2. The number of halogens is 2. The van der Waals surface area contributed by atoms with Gasteiger partial charge in [0.05, 0.1) is 6.61 Å². The third kappa shape index (κ3) is 2.95. The number of aliphatic hydroxyl groups excluding tert-OH is 1. The van der Waals surface area contributed by atoms with Crippen LogP contribution in [0, 0.1) is 0 Å². The predicted octanol–water partition coefficient (Wildman–Crippen LogP) is 1.96. The molecule has 0 fully saturated rings. The Labute approximate surface area is 90.8 Å². The molecule has 0 saturated carbocycles. The minimum Gasteiger partial charge on any atom is -0.395 e. The molecule has 0 bridgehead atoms. The molecule has 1 unspecified atom stereocenters. The molecule has 1 atom stereocenters. The van der Waals surface area contributed by atoms with Crippen LogP contribution in [0.5, 0.6) is 0 Å². The van der Waals surface area contributed by atoms with Crippen LogP contribution >= 0.6 is 27.5 Å². The van der Waals surface area contributed by atoms with Gasteiger partial charge in [-0.3, -0.25) is 0 Å². The molecule has 1 aromatic rings. The van der Waals surface area contributed by atoms with E-state index >= 15 is 0 Å². The van der Waals surface area contributed by atoms with Gasteiger partial charge in [-0.2, -0.15) is 0 Å². The molecular formula is C9H11BrClNO. The van der Waals surface area contributed by atoms with Crippen molar-refractivity contribution >= 4 is 27.5 Å². The van der Waals surface area contributed by atoms with Gasteiger partial charge < -0.3 is 10.8 Å². The summed E-state index contributed by atoms with van der Waals surface area (Å²) in [5.41, 5.74) is 6.56. The average Bonchev–Trinajstić information content (AvgIpc) is 2.11. The Morgan fingerprint density at radius 3 is 2.77 bits per heavy atom. The van der Waals surface area contributed by atoms with E-state index in [2.05, 4.69) is 15.9 Å². The topological polar surface area (TPSA) is 46.2 Å². The van der Waals surface area contributed by atoms with Gasteiger partial charge in [0.15, 0.2) is 0 Å². The van der Waals surface area contributed by atoms with Crippen LogP contribution in [0.1, 0.15) is 5.56 Å². The van der Waals surface area contributed by atoms with Crippen molar-refractivity contribution in [2.45, 2.75) is 12.5 Å². The first-order valence-electron chi connectivity index (χ1n) is 3.94. The molecule has 0 spiro atoms. The standard InChI is InChI=1S/C9H11BrClNO/c10-8-2-1-3-9(11)7(8)4-6(12)5-13/h1-3,6,13H,4-5,12H2. The normalized spacial score (nSPS) is 12.9. The molecule has 1 aromatic carbocycles. The van der Waals surface area contributed by atoms with Crippen LogP contribution in [0.25, 0.3) is 0 Å². The van der Waals surface area contributed by atoms with Gasteiger partial charge in [-0.05, 0) is 24.1 Å². The van der Waals surface area contributed by atoms with E-state index in [1.54, 1.807) is 0 Å². The number of rotatable bonds is 3. The van der Waals surface area contributed by atoms with Crippen molar-refractivity contribution in [2.75, 3.05) is 6.61 Å². The minimum absolute atomic E-state index is 0.0301. The Balaban J connectivity index is 2.87. The highest BCUT2D eigenvalue weighted by molar-refractivity contribution is 9.10. The Morgan fingerprint density at radius 1 is 1.54 bits per heavy atom. The smallest absolute Gasteiger partial charge is 0.0585 e. The lowest BCUT2D eigenvalue weighted by molar-refractivity contribution is 0.265. The van der Waals surface area contributed by atoms with Gasteiger partial charge in [-0.15, -0.1) is 0 Å². The minimum atomic E-state index is -0.254. The van der Waals surface area contributed by atoms with Gasteiger partial charge in [0.1, 0.15) is 0 Å². The van der Waals surface area contributed by atoms with E-state index in [0.717, 1.165) is 10.0 Å². The number of hydrogen-bond acceptors (Lipinski definition) is 2. The van der Waals surface area contributed by atoms with Crippen LogP contribution in [-0.4, -0.2) is 17.8 Å². The van der Waals surface area contributed by atoms with Crippen molar-refractivity contribution < 1.29 is 5.11 Å². The molecule has 3 N–H and O–H groups in total. The Hall–Kier alpha value is -0.0900. The van der Waals surface area contributed by atoms with E-state index < -0.39 is 0 Å². The highest BCUT2D eigenvalue weighted by Gasteiger charge is 2.08. The summed E-state index contributed by atoms with van der Waals surface area (Å²) in [6, 6.07) is 5.33. The van der Waals surface area contributed by atoms with Crippen molar-refractivity contribution in [3.8, 4) is 0 Å². The summed E-state index contributed by atoms with van der Waals surface area (Å²) in [7, 11) is 0. The van der Waals surface area contributed by atoms with Gasteiger partial charge in [-0.25, -0.2) is 0 Å². The zero-order valence-corrected chi connectivity index (χ0v) is 9.35. The molecule has 0 radical (unpaired) electrons. The first-order valence-corrected chi connectivity index (χ1v) is 5.11. The predicted molar refractivity (Wildman–Crippen MR) is 57.9 cm³/mol. The first-order chi connectivity index (χ1) is 6.15. The molecule has 0 aliphatic rings. The van der Waals surface area contributed by atoms with Crippen LogP contribution in [0.3, 0.4) is 0 Å². The molecule has 4 heteroatoms. The Kier molecular flexibility index (Phi) is 4.19. The number of aliphatic hydroxyl groups is 1. The summed E-state index contributed by atoms with van der Waals surface area (Å²) in [4.78, 5) is 0. The van der Waals surface area contributed by atoms with Crippen molar-refractivity contribution in [2.24, 2.45) is 5.73 Å². The Bertz CT molecular complexity index is 273. The SMILES string of the molecule is NC(CO)Cc1c(Cl)cccc1Br. The molecular weight excluding hydrogens is 253 g/mol. The zero-order valence-electron chi connectivity index (χ0n) is 7.00. The maximum Gasteiger partial charge on any atom is 0.0585 e. The van der Waals surface area contributed by atoms with Crippen LogP contribution in [-0.2, 0) is 6.42 Å². The lowest BCUT2D eigenvalue weighted by Crippen LogP contribution is -2.27. The van der Waals surface area contributed by atoms with Crippen molar-refractivity contribution in [3.05, 3.63) is 33.3 Å². The first kappa shape index (κ1) is 11.0. The molecule has 2 nitrogen and oxygen atoms in total. The number of benzene rings is 1. The highest BCUT2D eigenvalue weighted by Crippen LogP contribution is 2.25. The van der Waals surface area contributed by atoms with Crippen LogP contribution < -0.4 is 5.73 Å². The van der Waals surface area contributed by atoms with Gasteiger partial charge >= 0.3 is 0 Å². The van der Waals surface area contributed by atoms with Gasteiger partial charge in [0.2, 0.25) is 0 Å². The molecule has 0 aliphatic carbocycles. The lowest BCUT2D eigenvalue weighted by Gasteiger charge is -2.11. The summed E-state index contributed by atoms with van der Waals surface area (Å²) in [6.07, 6.45) is 0.580. The van der Waals surface area contributed by atoms with Crippen LogP contribution in [0.2, 0.25) is 5.02 Å². The third-order valence-electron chi connectivity index (χ3n) is 1.76. The monoisotopic (exact) mass is 263 g/mol. The second-order valence-corrected chi connectivity index (χ2v) is 4.11. The zero-order chi connectivity index (χ0) is 9.84. The number of nitrogens with two attached hydrogens (primary N) is 1. The van der Waals surface area contributed by atoms with Gasteiger partial charge in [0.25, 0.3) is 0 Å². The Morgan fingerprint density at radius 2 is 2.23 bits per heavy atom. The molecule has 0 aliphatic heterocycles. The summed E-state index contributed by atoms with van der Waals surface area (Å²) in [6.45, 7) is -0.0301. The maximum atomic E-state index is 8.79. The summed E-state index contributed by atoms with van der Waals surface area (Å²) < 4.78 is 0.934. The van der Waals surface area contributed by atoms with E-state index in [0.29, 0.717) is 11.4 Å². The van der Waals surface area contributed by atoms with Crippen LogP contribution in [0.15, 0.2) is 22.7 Å². The van der Waals surface area contributed by atoms with Crippen molar-refractivity contribution in [1.29, 1.82) is 0 Å². The fourth-order valence-electron chi connectivity index (χ4n) is 1.05. The lowest BCUT2D eigenvalue weighted by atomic mass is 10.1. The van der Waals surface area contributed by atoms with Gasteiger partial charge in [0, 0.05) is 15.5 Å². The summed E-state index contributed by atoms with van der Waals surface area (Å²) in [5, 5.41) is 9.47. The fourth-order valence-corrected chi connectivity index (χ4v) is 1.95. The molecule has 72 valence electrons. The fraction of sp³-hybridized carbons (Fsp3) is 0.333. The maximum absolute atomic E-state index is 8.79. The van der Waals surface area contributed by atoms with E-state index in [9.17, 15) is 0 Å². The van der Waals surface area contributed by atoms with Gasteiger partial charge in [-0.1, -0.05) is 33.6 Å². The third-order valence-corrected chi connectivity index (χ3v) is 2.86. The van der Waals surface area contributed by atoms with E-state index in [1.165, 1.54) is 0 Å². The van der Waals surface area contributed by atoms with Crippen molar-refractivity contribution in [3.63, 3.8) is 0 Å². The van der Waals surface area contributed by atoms with E-state index in [1.807, 2.05) is 18.2 Å². The van der Waals surface area contributed by atoms with E-state index in [4.69, 9.17) is 22.4 Å². The van der Waals surface area contributed by atoms with Crippen LogP contribution in [0.4, 0.5) is 0 Å². The molecule has 0 heterocycles.